The fraction of sp³-hybridized carbons (Fsp3) is 0.300. The molecule has 5 rings (SSSR count). The molecule has 112 valence electrons. The summed E-state index contributed by atoms with van der Waals surface area (Å²) < 4.78 is 0. The summed E-state index contributed by atoms with van der Waals surface area (Å²) in [5, 5.41) is 3.91. The quantitative estimate of drug-likeness (QED) is 0.611. The smallest absolute Gasteiger partial charge is 0.128 e. The molecule has 2 bridgehead atoms. The Balaban J connectivity index is 1.85. The fourth-order valence-corrected chi connectivity index (χ4v) is 11.7. The first-order valence-electron chi connectivity index (χ1n) is 8.23. The van der Waals surface area contributed by atoms with E-state index in [1.165, 1.54) is 12.8 Å². The standard InChI is InChI=1S/C20H22SSi/c1-22(18-8-4-2-5-9-18,19-10-6-3-7-11-19)20-16-12-14-17(21-20)15-13-16/h2-12,14,16-17,20H,13,15H2,1H3. The monoisotopic (exact) mass is 322 g/mol. The third kappa shape index (κ3) is 2.29. The highest BCUT2D eigenvalue weighted by Gasteiger charge is 2.47. The number of hydrogen-bond acceptors (Lipinski definition) is 1. The molecule has 0 aromatic heterocycles. The molecule has 1 aliphatic carbocycles. The van der Waals surface area contributed by atoms with E-state index in [4.69, 9.17) is 0 Å². The van der Waals surface area contributed by atoms with E-state index in [9.17, 15) is 0 Å². The molecule has 2 aromatic rings. The molecule has 3 unspecified atom stereocenters. The van der Waals surface area contributed by atoms with Crippen LogP contribution in [-0.4, -0.2) is 18.2 Å². The Bertz CT molecular complexity index is 625. The van der Waals surface area contributed by atoms with Gasteiger partial charge in [0, 0.05) is 10.1 Å². The fourth-order valence-electron chi connectivity index (χ4n) is 4.10. The van der Waals surface area contributed by atoms with Gasteiger partial charge in [0.25, 0.3) is 0 Å². The van der Waals surface area contributed by atoms with E-state index in [-0.39, 0.29) is 0 Å². The summed E-state index contributed by atoms with van der Waals surface area (Å²) in [5.41, 5.74) is 0. The molecule has 3 atom stereocenters. The normalized spacial score (nSPS) is 27.0. The molecule has 2 heteroatoms. The van der Waals surface area contributed by atoms with Crippen molar-refractivity contribution in [3.05, 3.63) is 72.8 Å². The number of rotatable bonds is 3. The predicted molar refractivity (Wildman–Crippen MR) is 101 cm³/mol. The van der Waals surface area contributed by atoms with Crippen LogP contribution in [-0.2, 0) is 0 Å². The van der Waals surface area contributed by atoms with Gasteiger partial charge in [-0.1, -0.05) is 89.7 Å². The third-order valence-corrected chi connectivity index (χ3v) is 13.2. The maximum atomic E-state index is 2.59. The number of fused-ring (bicyclic) bond motifs is 2. The number of thioether (sulfide) groups is 1. The Morgan fingerprint density at radius 3 is 1.82 bits per heavy atom. The van der Waals surface area contributed by atoms with Crippen molar-refractivity contribution in [2.24, 2.45) is 5.92 Å². The lowest BCUT2D eigenvalue weighted by atomic mass is 9.96. The first kappa shape index (κ1) is 14.3. The van der Waals surface area contributed by atoms with Crippen LogP contribution in [0.4, 0.5) is 0 Å². The van der Waals surface area contributed by atoms with Crippen molar-refractivity contribution in [2.75, 3.05) is 0 Å². The highest BCUT2D eigenvalue weighted by molar-refractivity contribution is 8.02. The average Bonchev–Trinajstić information content (AvgIpc) is 2.63. The van der Waals surface area contributed by atoms with E-state index in [1.54, 1.807) is 10.4 Å². The molecular formula is C20H22SSi. The van der Waals surface area contributed by atoms with E-state index in [2.05, 4.69) is 91.1 Å². The Kier molecular flexibility index (Phi) is 3.75. The van der Waals surface area contributed by atoms with Gasteiger partial charge in [0.1, 0.15) is 8.07 Å². The van der Waals surface area contributed by atoms with Gasteiger partial charge in [0.15, 0.2) is 0 Å². The van der Waals surface area contributed by atoms with Crippen LogP contribution in [0.2, 0.25) is 6.55 Å². The van der Waals surface area contributed by atoms with Gasteiger partial charge in [-0.25, -0.2) is 0 Å². The van der Waals surface area contributed by atoms with E-state index in [0.29, 0.717) is 0 Å². The number of allylic oxidation sites excluding steroid dienone is 1. The van der Waals surface area contributed by atoms with E-state index < -0.39 is 8.07 Å². The summed E-state index contributed by atoms with van der Waals surface area (Å²) in [6.07, 6.45) is 7.73. The first-order valence-corrected chi connectivity index (χ1v) is 11.8. The van der Waals surface area contributed by atoms with Crippen LogP contribution < -0.4 is 10.4 Å². The minimum absolute atomic E-state index is 0.745. The van der Waals surface area contributed by atoms with E-state index in [0.717, 1.165) is 16.0 Å². The first-order chi connectivity index (χ1) is 10.8. The molecule has 1 saturated heterocycles. The Hall–Kier alpha value is -1.25. The van der Waals surface area contributed by atoms with Crippen LogP contribution >= 0.6 is 11.8 Å². The molecule has 0 radical (unpaired) electrons. The minimum Gasteiger partial charge on any atom is -0.153 e. The summed E-state index contributed by atoms with van der Waals surface area (Å²) in [7, 11) is -1.74. The summed E-state index contributed by atoms with van der Waals surface area (Å²) in [6.45, 7) is 2.59. The second-order valence-electron chi connectivity index (χ2n) is 6.66. The van der Waals surface area contributed by atoms with Gasteiger partial charge in [-0.2, -0.15) is 11.8 Å². The van der Waals surface area contributed by atoms with Gasteiger partial charge in [-0.3, -0.25) is 0 Å². The van der Waals surface area contributed by atoms with Gasteiger partial charge < -0.3 is 0 Å². The zero-order valence-corrected chi connectivity index (χ0v) is 14.8. The summed E-state index contributed by atoms with van der Waals surface area (Å²) in [6, 6.07) is 22.6. The largest absolute Gasteiger partial charge is 0.153 e. The molecule has 22 heavy (non-hydrogen) atoms. The molecule has 3 aliphatic rings. The number of hydrogen-bond donors (Lipinski definition) is 0. The maximum Gasteiger partial charge on any atom is 0.128 e. The van der Waals surface area contributed by atoms with Crippen molar-refractivity contribution in [1.82, 2.24) is 0 Å². The molecule has 2 aliphatic heterocycles. The van der Waals surface area contributed by atoms with Gasteiger partial charge in [-0.15, -0.1) is 0 Å². The lowest BCUT2D eigenvalue weighted by Crippen LogP contribution is -2.66. The number of benzene rings is 2. The lowest BCUT2D eigenvalue weighted by molar-refractivity contribution is 0.550. The second kappa shape index (κ2) is 5.75. The van der Waals surface area contributed by atoms with Crippen LogP contribution in [0.5, 0.6) is 0 Å². The van der Waals surface area contributed by atoms with Crippen LogP contribution in [0.25, 0.3) is 0 Å². The van der Waals surface area contributed by atoms with Crippen LogP contribution in [0.15, 0.2) is 72.8 Å². The lowest BCUT2D eigenvalue weighted by Gasteiger charge is -2.47. The molecular weight excluding hydrogens is 300 g/mol. The van der Waals surface area contributed by atoms with Gasteiger partial charge in [0.2, 0.25) is 0 Å². The molecule has 2 heterocycles. The van der Waals surface area contributed by atoms with E-state index in [1.807, 2.05) is 0 Å². The summed E-state index contributed by atoms with van der Waals surface area (Å²) in [5.74, 6) is 0.757. The van der Waals surface area contributed by atoms with Gasteiger partial charge in [0.05, 0.1) is 0 Å². The van der Waals surface area contributed by atoms with Crippen molar-refractivity contribution in [3.8, 4) is 0 Å². The Labute approximate surface area is 138 Å². The topological polar surface area (TPSA) is 0 Å². The Morgan fingerprint density at radius 1 is 0.818 bits per heavy atom. The van der Waals surface area contributed by atoms with E-state index >= 15 is 0 Å². The third-order valence-electron chi connectivity index (χ3n) is 5.38. The molecule has 0 amide bonds. The predicted octanol–water partition coefficient (Wildman–Crippen LogP) is 3.87. The van der Waals surface area contributed by atoms with Crippen molar-refractivity contribution in [3.63, 3.8) is 0 Å². The summed E-state index contributed by atoms with van der Waals surface area (Å²) in [4.78, 5) is 0.765. The van der Waals surface area contributed by atoms with Gasteiger partial charge in [-0.05, 0) is 18.8 Å². The molecule has 0 nitrogen and oxygen atoms in total. The highest BCUT2D eigenvalue weighted by atomic mass is 32.2. The van der Waals surface area contributed by atoms with Crippen molar-refractivity contribution >= 4 is 30.2 Å². The minimum atomic E-state index is -1.74. The van der Waals surface area contributed by atoms with Crippen LogP contribution in [0, 0.1) is 5.92 Å². The van der Waals surface area contributed by atoms with Crippen molar-refractivity contribution < 1.29 is 0 Å². The SMILES string of the molecule is C[Si](c1ccccc1)(c1ccccc1)C1SC2C=CC1CC2. The summed E-state index contributed by atoms with van der Waals surface area (Å²) >= 11 is 2.25. The van der Waals surface area contributed by atoms with Crippen LogP contribution in [0.3, 0.4) is 0 Å². The zero-order valence-electron chi connectivity index (χ0n) is 13.0. The van der Waals surface area contributed by atoms with Gasteiger partial charge >= 0.3 is 0 Å². The molecule has 0 spiro atoms. The molecule has 2 aromatic carbocycles. The second-order valence-corrected chi connectivity index (χ2v) is 12.6. The average molecular weight is 323 g/mol. The Morgan fingerprint density at radius 2 is 1.41 bits per heavy atom. The van der Waals surface area contributed by atoms with Crippen molar-refractivity contribution in [2.45, 2.75) is 29.5 Å². The molecule has 0 N–H and O–H groups in total. The molecule has 1 fully saturated rings. The zero-order chi connectivity index (χ0) is 15.0. The highest BCUT2D eigenvalue weighted by Crippen LogP contribution is 2.45. The maximum absolute atomic E-state index is 2.59. The van der Waals surface area contributed by atoms with Crippen LogP contribution in [0.1, 0.15) is 12.8 Å². The van der Waals surface area contributed by atoms with Crippen molar-refractivity contribution in [1.29, 1.82) is 0 Å². The molecule has 0 saturated carbocycles.